The molecule has 7 nitrogen and oxygen atoms in total. The van der Waals surface area contributed by atoms with Crippen molar-refractivity contribution in [3.8, 4) is 6.07 Å². The molecule has 0 bridgehead atoms. The first kappa shape index (κ1) is 33.1. The van der Waals surface area contributed by atoms with E-state index < -0.39 is 0 Å². The van der Waals surface area contributed by atoms with E-state index in [2.05, 4.69) is 73.7 Å². The minimum atomic E-state index is -0.275. The number of nitrogens with zero attached hydrogens (tertiary/aromatic N) is 4. The molecule has 5 aromatic rings. The Labute approximate surface area is 295 Å². The second-order valence-electron chi connectivity index (χ2n) is 11.1. The van der Waals surface area contributed by atoms with Gasteiger partial charge in [-0.15, -0.1) is 22.7 Å². The van der Waals surface area contributed by atoms with Crippen LogP contribution >= 0.6 is 50.6 Å². The molecular formula is C36H33BrN4O3S3. The normalized spacial score (nSPS) is 13.1. The number of nitriles is 1. The minimum Gasteiger partial charge on any atom is -0.462 e. The summed E-state index contributed by atoms with van der Waals surface area (Å²) in [6, 6.07) is 26.7. The highest BCUT2D eigenvalue weighted by Gasteiger charge is 2.27. The number of hydrogen-bond acceptors (Lipinski definition) is 9. The van der Waals surface area contributed by atoms with Gasteiger partial charge in [0.05, 0.1) is 29.6 Å². The lowest BCUT2D eigenvalue weighted by Gasteiger charge is -2.38. The number of carbonyl (C=O) groups excluding carboxylic acids is 2. The van der Waals surface area contributed by atoms with E-state index in [-0.39, 0.29) is 11.9 Å². The van der Waals surface area contributed by atoms with Crippen LogP contribution in [0.3, 0.4) is 0 Å². The van der Waals surface area contributed by atoms with Gasteiger partial charge in [0.1, 0.15) is 9.75 Å². The number of halogens is 1. The predicted molar refractivity (Wildman–Crippen MR) is 197 cm³/mol. The number of hydrogen-bond donors (Lipinski definition) is 0. The summed E-state index contributed by atoms with van der Waals surface area (Å²) in [7, 11) is 0. The third-order valence-corrected chi connectivity index (χ3v) is 12.3. The fourth-order valence-electron chi connectivity index (χ4n) is 5.65. The summed E-state index contributed by atoms with van der Waals surface area (Å²) in [5.41, 5.74) is 4.97. The van der Waals surface area contributed by atoms with Crippen molar-refractivity contribution >= 4 is 83.9 Å². The standard InChI is InChI=1S/C36H33BrN4O3S3/c1-3-44-36(43)33-24(2)28-22-27(12-13-32(28)46-33)47-41(16-14-25-8-10-26(23-38)11-9-25)31-7-5-4-6-30(31)39-17-19-40(20-18-39)35(42)34-29(37)15-21-45-34/h4-13,15,21-22H,3,14,16-20H2,1-2H3. The van der Waals surface area contributed by atoms with Crippen LogP contribution in [0, 0.1) is 18.3 Å². The molecule has 0 saturated carbocycles. The van der Waals surface area contributed by atoms with Crippen molar-refractivity contribution in [1.82, 2.24) is 4.90 Å². The van der Waals surface area contributed by atoms with Gasteiger partial charge in [-0.2, -0.15) is 5.26 Å². The highest BCUT2D eigenvalue weighted by molar-refractivity contribution is 9.10. The van der Waals surface area contributed by atoms with Gasteiger partial charge in [-0.3, -0.25) is 4.79 Å². The van der Waals surface area contributed by atoms with Gasteiger partial charge in [-0.1, -0.05) is 24.3 Å². The van der Waals surface area contributed by atoms with Crippen molar-refractivity contribution in [2.45, 2.75) is 25.2 Å². The highest BCUT2D eigenvalue weighted by Crippen LogP contribution is 2.40. The van der Waals surface area contributed by atoms with Crippen molar-refractivity contribution in [3.05, 3.63) is 109 Å². The molecule has 47 heavy (non-hydrogen) atoms. The summed E-state index contributed by atoms with van der Waals surface area (Å²) in [5, 5.41) is 12.3. The van der Waals surface area contributed by atoms with Crippen LogP contribution in [0.4, 0.5) is 11.4 Å². The van der Waals surface area contributed by atoms with Crippen LogP contribution in [-0.2, 0) is 11.2 Å². The summed E-state index contributed by atoms with van der Waals surface area (Å²) in [5.74, 6) is -0.201. The zero-order valence-corrected chi connectivity index (χ0v) is 30.1. The number of ether oxygens (including phenoxy) is 1. The fraction of sp³-hybridized carbons (Fsp3) is 0.250. The lowest BCUT2D eigenvalue weighted by molar-refractivity contribution is 0.0531. The average Bonchev–Trinajstić information content (AvgIpc) is 3.69. The first-order chi connectivity index (χ1) is 22.9. The molecule has 6 rings (SSSR count). The number of anilines is 2. The average molecular weight is 746 g/mol. The maximum atomic E-state index is 13.2. The molecule has 11 heteroatoms. The molecule has 3 aromatic carbocycles. The van der Waals surface area contributed by atoms with Crippen LogP contribution < -0.4 is 9.21 Å². The second kappa shape index (κ2) is 14.9. The number of para-hydroxylation sites is 2. The van der Waals surface area contributed by atoms with Gasteiger partial charge in [-0.05, 0) is 119 Å². The number of aryl methyl sites for hydroxylation is 1. The van der Waals surface area contributed by atoms with Crippen LogP contribution in [-0.4, -0.2) is 56.1 Å². The molecule has 0 N–H and O–H groups in total. The van der Waals surface area contributed by atoms with Gasteiger partial charge in [0.25, 0.3) is 5.91 Å². The van der Waals surface area contributed by atoms with E-state index in [1.54, 1.807) is 11.9 Å². The van der Waals surface area contributed by atoms with Gasteiger partial charge >= 0.3 is 5.97 Å². The Hall–Kier alpha value is -3.82. The fourth-order valence-corrected chi connectivity index (χ4v) is 9.23. The van der Waals surface area contributed by atoms with Crippen molar-refractivity contribution in [2.24, 2.45) is 0 Å². The van der Waals surface area contributed by atoms with Crippen LogP contribution in [0.15, 0.2) is 87.5 Å². The molecule has 0 radical (unpaired) electrons. The minimum absolute atomic E-state index is 0.0737. The molecule has 1 aliphatic heterocycles. The first-order valence-corrected chi connectivity index (χ1v) is 18.6. The highest BCUT2D eigenvalue weighted by atomic mass is 79.9. The Bertz CT molecular complexity index is 1940. The van der Waals surface area contributed by atoms with Crippen molar-refractivity contribution in [1.29, 1.82) is 5.26 Å². The zero-order valence-electron chi connectivity index (χ0n) is 26.1. The monoisotopic (exact) mass is 744 g/mol. The van der Waals surface area contributed by atoms with E-state index in [0.29, 0.717) is 30.1 Å². The quantitative estimate of drug-likeness (QED) is 0.105. The van der Waals surface area contributed by atoms with E-state index in [9.17, 15) is 14.9 Å². The lowest BCUT2D eigenvalue weighted by atomic mass is 10.1. The van der Waals surface area contributed by atoms with Crippen LogP contribution in [0.2, 0.25) is 0 Å². The Morgan fingerprint density at radius 3 is 2.49 bits per heavy atom. The molecule has 1 saturated heterocycles. The Morgan fingerprint density at radius 2 is 1.79 bits per heavy atom. The Morgan fingerprint density at radius 1 is 1.02 bits per heavy atom. The smallest absolute Gasteiger partial charge is 0.348 e. The van der Waals surface area contributed by atoms with Crippen molar-refractivity contribution in [3.63, 3.8) is 0 Å². The number of carbonyl (C=O) groups is 2. The molecule has 1 fully saturated rings. The summed E-state index contributed by atoms with van der Waals surface area (Å²) in [4.78, 5) is 32.6. The molecular weight excluding hydrogens is 713 g/mol. The lowest BCUT2D eigenvalue weighted by Crippen LogP contribution is -2.49. The number of amides is 1. The molecule has 1 aliphatic rings. The summed E-state index contributed by atoms with van der Waals surface area (Å²) >= 11 is 8.13. The third kappa shape index (κ3) is 7.36. The topological polar surface area (TPSA) is 76.9 Å². The van der Waals surface area contributed by atoms with Gasteiger partial charge in [0.2, 0.25) is 0 Å². The Balaban J connectivity index is 1.27. The largest absolute Gasteiger partial charge is 0.462 e. The van der Waals surface area contributed by atoms with E-state index in [1.165, 1.54) is 22.7 Å². The molecule has 0 atom stereocenters. The molecule has 2 aromatic heterocycles. The number of esters is 1. The summed E-state index contributed by atoms with van der Waals surface area (Å²) in [6.07, 6.45) is 0.789. The molecule has 240 valence electrons. The third-order valence-electron chi connectivity index (χ3n) is 8.14. The molecule has 0 spiro atoms. The van der Waals surface area contributed by atoms with E-state index >= 15 is 0 Å². The van der Waals surface area contributed by atoms with Gasteiger partial charge in [0.15, 0.2) is 0 Å². The van der Waals surface area contributed by atoms with Gasteiger partial charge in [-0.25, -0.2) is 4.79 Å². The summed E-state index contributed by atoms with van der Waals surface area (Å²) < 4.78 is 9.55. The van der Waals surface area contributed by atoms with Gasteiger partial charge in [0, 0.05) is 46.8 Å². The molecule has 0 unspecified atom stereocenters. The zero-order chi connectivity index (χ0) is 32.9. The number of thiophene rings is 2. The van der Waals surface area contributed by atoms with Gasteiger partial charge < -0.3 is 18.8 Å². The maximum Gasteiger partial charge on any atom is 0.348 e. The number of benzene rings is 3. The summed E-state index contributed by atoms with van der Waals surface area (Å²) in [6.45, 7) is 7.64. The van der Waals surface area contributed by atoms with Crippen molar-refractivity contribution in [2.75, 3.05) is 48.5 Å². The van der Waals surface area contributed by atoms with Crippen LogP contribution in [0.5, 0.6) is 0 Å². The molecule has 0 aliphatic carbocycles. The number of piperazine rings is 1. The Kier molecular flexibility index (Phi) is 10.5. The van der Waals surface area contributed by atoms with E-state index in [1.807, 2.05) is 54.5 Å². The van der Waals surface area contributed by atoms with E-state index in [0.717, 1.165) is 72.9 Å². The van der Waals surface area contributed by atoms with E-state index in [4.69, 9.17) is 4.74 Å². The van der Waals surface area contributed by atoms with Crippen LogP contribution in [0.25, 0.3) is 10.1 Å². The molecule has 3 heterocycles. The predicted octanol–water partition coefficient (Wildman–Crippen LogP) is 8.80. The SMILES string of the molecule is CCOC(=O)c1sc2ccc(SN(CCc3ccc(C#N)cc3)c3ccccc3N3CCN(C(=O)c4sccc4Br)CC3)cc2c1C. The number of fused-ring (bicyclic) bond motifs is 1. The van der Waals surface area contributed by atoms with Crippen molar-refractivity contribution < 1.29 is 14.3 Å². The molecule has 1 amide bonds. The first-order valence-electron chi connectivity index (χ1n) is 15.4. The maximum absolute atomic E-state index is 13.2. The van der Waals surface area contributed by atoms with Crippen LogP contribution in [0.1, 0.15) is 43.0 Å². The number of rotatable bonds is 10. The second-order valence-corrected chi connectivity index (χ2v) is 15.0.